The van der Waals surface area contributed by atoms with E-state index in [9.17, 15) is 23.9 Å². The van der Waals surface area contributed by atoms with Gasteiger partial charge in [0.05, 0.1) is 34.3 Å². The number of aliphatic hydroxyl groups is 1. The summed E-state index contributed by atoms with van der Waals surface area (Å²) in [5.74, 6) is -1.47. The maximum Gasteiger partial charge on any atom is 0.350 e. The van der Waals surface area contributed by atoms with Crippen LogP contribution in [-0.4, -0.2) is 37.5 Å². The number of aryl methyl sites for hydroxylation is 1. The lowest BCUT2D eigenvalue weighted by molar-refractivity contribution is 0.223. The molecule has 1 aliphatic heterocycles. The molecule has 36 heavy (non-hydrogen) atoms. The fourth-order valence-electron chi connectivity index (χ4n) is 4.21. The van der Waals surface area contributed by atoms with E-state index < -0.39 is 23.4 Å². The average molecular weight is 509 g/mol. The Morgan fingerprint density at radius 1 is 1.19 bits per heavy atom. The fraction of sp³-hybridized carbons (Fsp3) is 0.280. The summed E-state index contributed by atoms with van der Waals surface area (Å²) in [6, 6.07) is 12.5. The van der Waals surface area contributed by atoms with E-state index in [4.69, 9.17) is 0 Å². The second-order valence-electron chi connectivity index (χ2n) is 9.12. The number of benzene rings is 2. The lowest BCUT2D eigenvalue weighted by atomic mass is 9.84. The van der Waals surface area contributed by atoms with Crippen LogP contribution in [0.5, 0.6) is 0 Å². The number of rotatable bonds is 6. The highest BCUT2D eigenvalue weighted by Gasteiger charge is 2.40. The standard InChI is InChI=1S/C25H22F2N6O2S/c1-15-22(36-23(30-15)32-12-25(2,11-28)13-32)21(34)16-6-8-17(9-7-16)33-24(35)31(14-29-33)10-18-19(26)4-3-5-20(18)27/h3-9,14,21,34H,10,12-13H2,1-2H3. The summed E-state index contributed by atoms with van der Waals surface area (Å²) in [5, 5.41) is 25.1. The Balaban J connectivity index is 1.34. The number of halogens is 2. The summed E-state index contributed by atoms with van der Waals surface area (Å²) in [7, 11) is 0. The van der Waals surface area contributed by atoms with E-state index in [1.54, 1.807) is 24.3 Å². The van der Waals surface area contributed by atoms with E-state index in [-0.39, 0.29) is 17.5 Å². The molecule has 0 saturated carbocycles. The van der Waals surface area contributed by atoms with Crippen LogP contribution in [-0.2, 0) is 6.54 Å². The monoisotopic (exact) mass is 508 g/mol. The van der Waals surface area contributed by atoms with Crippen molar-refractivity contribution >= 4 is 16.5 Å². The van der Waals surface area contributed by atoms with Gasteiger partial charge in [-0.25, -0.2) is 18.6 Å². The van der Waals surface area contributed by atoms with E-state index in [1.807, 2.05) is 18.7 Å². The molecule has 0 bridgehead atoms. The maximum atomic E-state index is 14.0. The van der Waals surface area contributed by atoms with Crippen LogP contribution in [0.25, 0.3) is 5.69 Å². The van der Waals surface area contributed by atoms with Gasteiger partial charge in [0.15, 0.2) is 5.13 Å². The molecular formula is C25H22F2N6O2S. The third-order valence-corrected chi connectivity index (χ3v) is 7.54. The highest BCUT2D eigenvalue weighted by atomic mass is 32.1. The highest BCUT2D eigenvalue weighted by molar-refractivity contribution is 7.15. The molecule has 1 aliphatic rings. The van der Waals surface area contributed by atoms with Gasteiger partial charge in [-0.05, 0) is 43.7 Å². The Morgan fingerprint density at radius 2 is 1.86 bits per heavy atom. The van der Waals surface area contributed by atoms with Gasteiger partial charge in [0.2, 0.25) is 0 Å². The number of nitrogens with zero attached hydrogens (tertiary/aromatic N) is 6. The quantitative estimate of drug-likeness (QED) is 0.428. The summed E-state index contributed by atoms with van der Waals surface area (Å²) < 4.78 is 30.2. The summed E-state index contributed by atoms with van der Waals surface area (Å²) in [6.45, 7) is 4.66. The molecule has 8 nitrogen and oxygen atoms in total. The number of thiazole rings is 1. The van der Waals surface area contributed by atoms with Gasteiger partial charge in [-0.15, -0.1) is 0 Å². The first-order valence-corrected chi connectivity index (χ1v) is 12.0. The molecule has 1 atom stereocenters. The third kappa shape index (κ3) is 4.19. The number of hydrogen-bond acceptors (Lipinski definition) is 7. The van der Waals surface area contributed by atoms with Gasteiger partial charge in [0.25, 0.3) is 0 Å². The van der Waals surface area contributed by atoms with Gasteiger partial charge in [-0.3, -0.25) is 4.57 Å². The molecule has 0 radical (unpaired) electrons. The van der Waals surface area contributed by atoms with Gasteiger partial charge in [0, 0.05) is 18.7 Å². The van der Waals surface area contributed by atoms with E-state index in [2.05, 4.69) is 16.2 Å². The molecule has 2 aromatic heterocycles. The minimum Gasteiger partial charge on any atom is -0.383 e. The van der Waals surface area contributed by atoms with Crippen LogP contribution in [0.15, 0.2) is 53.6 Å². The molecule has 3 heterocycles. The lowest BCUT2D eigenvalue weighted by Crippen LogP contribution is -2.54. The Labute approximate surface area is 209 Å². The van der Waals surface area contributed by atoms with Gasteiger partial charge < -0.3 is 10.0 Å². The summed E-state index contributed by atoms with van der Waals surface area (Å²) >= 11 is 1.39. The zero-order chi connectivity index (χ0) is 25.6. The lowest BCUT2D eigenvalue weighted by Gasteiger charge is -2.43. The minimum atomic E-state index is -0.910. The van der Waals surface area contributed by atoms with E-state index in [0.29, 0.717) is 34.9 Å². The molecule has 0 amide bonds. The van der Waals surface area contributed by atoms with Crippen molar-refractivity contribution in [3.05, 3.63) is 92.6 Å². The molecular weight excluding hydrogens is 486 g/mol. The molecule has 1 N–H and O–H groups in total. The molecule has 0 aliphatic carbocycles. The molecule has 11 heteroatoms. The fourth-order valence-corrected chi connectivity index (χ4v) is 5.29. The first kappa shape index (κ1) is 23.8. The number of nitriles is 1. The van der Waals surface area contributed by atoms with Crippen molar-refractivity contribution in [3.63, 3.8) is 0 Å². The van der Waals surface area contributed by atoms with Crippen molar-refractivity contribution < 1.29 is 13.9 Å². The second-order valence-corrected chi connectivity index (χ2v) is 10.1. The zero-order valence-electron chi connectivity index (χ0n) is 19.5. The molecule has 0 spiro atoms. The predicted molar refractivity (Wildman–Crippen MR) is 130 cm³/mol. The van der Waals surface area contributed by atoms with Crippen molar-refractivity contribution in [3.8, 4) is 11.8 Å². The van der Waals surface area contributed by atoms with E-state index in [1.165, 1.54) is 23.7 Å². The molecule has 1 saturated heterocycles. The molecule has 1 unspecified atom stereocenters. The van der Waals surface area contributed by atoms with Crippen LogP contribution < -0.4 is 10.6 Å². The molecule has 184 valence electrons. The van der Waals surface area contributed by atoms with Gasteiger partial charge in [0.1, 0.15) is 24.1 Å². The Bertz CT molecular complexity index is 1510. The molecule has 1 fully saturated rings. The second kappa shape index (κ2) is 8.96. The Hall–Kier alpha value is -3.88. The van der Waals surface area contributed by atoms with Crippen molar-refractivity contribution in [1.29, 1.82) is 5.26 Å². The minimum absolute atomic E-state index is 0.215. The number of aliphatic hydroxyl groups excluding tert-OH is 1. The topological polar surface area (TPSA) is 100.0 Å². The number of aromatic nitrogens is 4. The van der Waals surface area contributed by atoms with Gasteiger partial charge in [-0.1, -0.05) is 29.5 Å². The van der Waals surface area contributed by atoms with Crippen LogP contribution in [0.4, 0.5) is 13.9 Å². The highest BCUT2D eigenvalue weighted by Crippen LogP contribution is 2.39. The van der Waals surface area contributed by atoms with Crippen molar-refractivity contribution in [2.75, 3.05) is 18.0 Å². The third-order valence-electron chi connectivity index (χ3n) is 6.27. The number of hydrogen-bond donors (Lipinski definition) is 1. The Kier molecular flexibility index (Phi) is 5.94. The smallest absolute Gasteiger partial charge is 0.350 e. The molecule has 5 rings (SSSR count). The van der Waals surface area contributed by atoms with Gasteiger partial charge >= 0.3 is 5.69 Å². The van der Waals surface area contributed by atoms with Crippen molar-refractivity contribution in [2.45, 2.75) is 26.5 Å². The SMILES string of the molecule is Cc1nc(N2CC(C)(C#N)C2)sc1C(O)c1ccc(-n2ncn(Cc3c(F)cccc3F)c2=O)cc1. The summed E-state index contributed by atoms with van der Waals surface area (Å²) in [6.07, 6.45) is 0.318. The number of anilines is 1. The summed E-state index contributed by atoms with van der Waals surface area (Å²) in [5.41, 5.74) is 0.640. The van der Waals surface area contributed by atoms with E-state index >= 15 is 0 Å². The maximum absolute atomic E-state index is 14.0. The Morgan fingerprint density at radius 3 is 2.50 bits per heavy atom. The predicted octanol–water partition coefficient (Wildman–Crippen LogP) is 3.56. The van der Waals surface area contributed by atoms with E-state index in [0.717, 1.165) is 26.5 Å². The summed E-state index contributed by atoms with van der Waals surface area (Å²) in [4.78, 5) is 20.1. The zero-order valence-corrected chi connectivity index (χ0v) is 20.3. The molecule has 2 aromatic carbocycles. The molecule has 4 aromatic rings. The van der Waals surface area contributed by atoms with Crippen LogP contribution in [0, 0.1) is 35.3 Å². The van der Waals surface area contributed by atoms with Crippen LogP contribution in [0.2, 0.25) is 0 Å². The van der Waals surface area contributed by atoms with Crippen molar-refractivity contribution in [1.82, 2.24) is 19.3 Å². The van der Waals surface area contributed by atoms with Crippen LogP contribution in [0.1, 0.15) is 34.7 Å². The van der Waals surface area contributed by atoms with Crippen LogP contribution >= 0.6 is 11.3 Å². The average Bonchev–Trinajstić information content (AvgIpc) is 3.41. The first-order valence-electron chi connectivity index (χ1n) is 11.2. The van der Waals surface area contributed by atoms with Crippen LogP contribution in [0.3, 0.4) is 0 Å². The van der Waals surface area contributed by atoms with Crippen molar-refractivity contribution in [2.24, 2.45) is 5.41 Å². The van der Waals surface area contributed by atoms with Gasteiger partial charge in [-0.2, -0.15) is 15.0 Å². The first-order chi connectivity index (χ1) is 17.2. The normalized spacial score (nSPS) is 15.4. The largest absolute Gasteiger partial charge is 0.383 e.